The van der Waals surface area contributed by atoms with Crippen molar-refractivity contribution in [3.05, 3.63) is 28.3 Å². The highest BCUT2D eigenvalue weighted by Crippen LogP contribution is 2.28. The number of carbonyl (C=O) groups excluding carboxylic acids is 2. The second kappa shape index (κ2) is 9.69. The molecule has 2 amide bonds. The van der Waals surface area contributed by atoms with Gasteiger partial charge in [0, 0.05) is 6.54 Å². The van der Waals surface area contributed by atoms with E-state index in [-0.39, 0.29) is 24.9 Å². The van der Waals surface area contributed by atoms with Crippen LogP contribution in [0.1, 0.15) is 29.2 Å². The number of benzene rings is 1. The van der Waals surface area contributed by atoms with Gasteiger partial charge in [-0.25, -0.2) is 8.42 Å². The second-order valence-electron chi connectivity index (χ2n) is 7.65. The summed E-state index contributed by atoms with van der Waals surface area (Å²) in [5.41, 5.74) is 3.54. The molecule has 3 N–H and O–H groups in total. The lowest BCUT2D eigenvalue weighted by Gasteiger charge is -2.32. The number of likely N-dealkylation sites (N-methyl/N-ethyl adjacent to an activating group) is 1. The molecule has 0 atom stereocenters. The normalized spacial score (nSPS) is 15.9. The molecule has 0 bridgehead atoms. The van der Waals surface area contributed by atoms with Crippen LogP contribution in [0.3, 0.4) is 0 Å². The first-order valence-corrected chi connectivity index (χ1v) is 11.5. The molecule has 29 heavy (non-hydrogen) atoms. The molecule has 9 heteroatoms. The lowest BCUT2D eigenvalue weighted by atomic mass is 10.0. The molecule has 8 nitrogen and oxygen atoms in total. The fourth-order valence-electron chi connectivity index (χ4n) is 3.64. The van der Waals surface area contributed by atoms with Gasteiger partial charge in [-0.05, 0) is 56.9 Å². The molecule has 1 aromatic carbocycles. The van der Waals surface area contributed by atoms with E-state index in [4.69, 9.17) is 0 Å². The summed E-state index contributed by atoms with van der Waals surface area (Å²) in [5, 5.41) is 5.23. The Hall–Kier alpha value is -1.97. The van der Waals surface area contributed by atoms with Crippen LogP contribution in [0.2, 0.25) is 0 Å². The number of sulfonamides is 1. The van der Waals surface area contributed by atoms with Crippen LogP contribution in [0, 0.1) is 27.7 Å². The highest BCUT2D eigenvalue weighted by Gasteiger charge is 2.33. The Morgan fingerprint density at radius 3 is 2.07 bits per heavy atom. The lowest BCUT2D eigenvalue weighted by molar-refractivity contribution is -0.895. The van der Waals surface area contributed by atoms with Crippen LogP contribution in [0.15, 0.2) is 11.0 Å². The monoisotopic (exact) mass is 425 g/mol. The minimum Gasteiger partial charge on any atom is -0.355 e. The average Bonchev–Trinajstić information content (AvgIpc) is 2.65. The van der Waals surface area contributed by atoms with Crippen molar-refractivity contribution in [3.63, 3.8) is 0 Å². The van der Waals surface area contributed by atoms with Gasteiger partial charge in [-0.3, -0.25) is 9.59 Å². The Balaban J connectivity index is 1.99. The molecule has 0 saturated carbocycles. The number of nitrogens with one attached hydrogen (secondary N) is 3. The molecule has 1 saturated heterocycles. The fraction of sp³-hybridized carbons (Fsp3) is 0.600. The first-order chi connectivity index (χ1) is 13.6. The van der Waals surface area contributed by atoms with Gasteiger partial charge in [0.2, 0.25) is 15.9 Å². The Labute approximate surface area is 173 Å². The minimum atomic E-state index is -3.58. The van der Waals surface area contributed by atoms with Gasteiger partial charge in [0.05, 0.1) is 37.6 Å². The van der Waals surface area contributed by atoms with Gasteiger partial charge < -0.3 is 15.5 Å². The molecular formula is C20H33N4O4S+. The van der Waals surface area contributed by atoms with Crippen LogP contribution in [-0.2, 0) is 19.6 Å². The first kappa shape index (κ1) is 23.3. The van der Waals surface area contributed by atoms with Crippen molar-refractivity contribution >= 4 is 21.8 Å². The summed E-state index contributed by atoms with van der Waals surface area (Å²) in [6.45, 7) is 12.0. The van der Waals surface area contributed by atoms with Crippen molar-refractivity contribution in [3.8, 4) is 0 Å². The zero-order valence-electron chi connectivity index (χ0n) is 18.0. The van der Waals surface area contributed by atoms with Crippen LogP contribution < -0.4 is 15.5 Å². The molecule has 0 aliphatic carbocycles. The molecule has 2 rings (SSSR count). The van der Waals surface area contributed by atoms with Crippen LogP contribution in [0.25, 0.3) is 0 Å². The number of hydrogen-bond donors (Lipinski definition) is 3. The van der Waals surface area contributed by atoms with Gasteiger partial charge >= 0.3 is 0 Å². The number of piperazine rings is 1. The maximum Gasteiger partial charge on any atom is 0.275 e. The zero-order valence-corrected chi connectivity index (χ0v) is 18.8. The number of rotatable bonds is 7. The maximum absolute atomic E-state index is 13.3. The molecule has 0 unspecified atom stereocenters. The SMILES string of the molecule is CCNC(=O)CNC(=O)C[NH+]1CCN(S(=O)(=O)c2c(C)c(C)cc(C)c2C)CC1. The molecule has 1 aliphatic heterocycles. The number of nitrogens with zero attached hydrogens (tertiary/aromatic N) is 1. The zero-order chi connectivity index (χ0) is 21.8. The van der Waals surface area contributed by atoms with Crippen LogP contribution in [0.5, 0.6) is 0 Å². The van der Waals surface area contributed by atoms with Crippen molar-refractivity contribution < 1.29 is 22.9 Å². The second-order valence-corrected chi connectivity index (χ2v) is 9.53. The van der Waals surface area contributed by atoms with E-state index in [1.165, 1.54) is 4.31 Å². The predicted octanol–water partition coefficient (Wildman–Crippen LogP) is -0.938. The number of quaternary nitrogens is 1. The quantitative estimate of drug-likeness (QED) is 0.525. The molecular weight excluding hydrogens is 392 g/mol. The van der Waals surface area contributed by atoms with E-state index in [0.717, 1.165) is 27.2 Å². The van der Waals surface area contributed by atoms with E-state index in [9.17, 15) is 18.0 Å². The average molecular weight is 426 g/mol. The molecule has 1 aromatic rings. The summed E-state index contributed by atoms with van der Waals surface area (Å²) in [6.07, 6.45) is 0. The van der Waals surface area contributed by atoms with E-state index < -0.39 is 10.0 Å². The van der Waals surface area contributed by atoms with Gasteiger partial charge in [0.1, 0.15) is 0 Å². The van der Waals surface area contributed by atoms with Gasteiger partial charge in [0.25, 0.3) is 5.91 Å². The predicted molar refractivity (Wildman–Crippen MR) is 111 cm³/mol. The van der Waals surface area contributed by atoms with Crippen molar-refractivity contribution in [2.24, 2.45) is 0 Å². The Kier molecular flexibility index (Phi) is 7.79. The number of hydrogen-bond acceptors (Lipinski definition) is 4. The van der Waals surface area contributed by atoms with Crippen molar-refractivity contribution in [1.82, 2.24) is 14.9 Å². The van der Waals surface area contributed by atoms with Gasteiger partial charge in [-0.1, -0.05) is 6.07 Å². The summed E-state index contributed by atoms with van der Waals surface area (Å²) in [6, 6.07) is 2.02. The summed E-state index contributed by atoms with van der Waals surface area (Å²) in [7, 11) is -3.58. The summed E-state index contributed by atoms with van der Waals surface area (Å²) in [5.74, 6) is -0.422. The van der Waals surface area contributed by atoms with Crippen molar-refractivity contribution in [2.75, 3.05) is 45.8 Å². The van der Waals surface area contributed by atoms with Crippen molar-refractivity contribution in [2.45, 2.75) is 39.5 Å². The fourth-order valence-corrected chi connectivity index (χ4v) is 5.66. The molecule has 1 heterocycles. The summed E-state index contributed by atoms with van der Waals surface area (Å²) < 4.78 is 28.1. The maximum atomic E-state index is 13.3. The molecule has 0 spiro atoms. The van der Waals surface area contributed by atoms with Gasteiger partial charge in [-0.2, -0.15) is 4.31 Å². The number of aryl methyl sites for hydroxylation is 2. The molecule has 0 radical (unpaired) electrons. The van der Waals surface area contributed by atoms with Crippen molar-refractivity contribution in [1.29, 1.82) is 0 Å². The topological polar surface area (TPSA) is 100 Å². The number of amides is 2. The van der Waals surface area contributed by atoms with E-state index in [1.807, 2.05) is 40.7 Å². The first-order valence-electron chi connectivity index (χ1n) is 10.0. The molecule has 1 fully saturated rings. The molecule has 162 valence electrons. The molecule has 0 aromatic heterocycles. The smallest absolute Gasteiger partial charge is 0.275 e. The van der Waals surface area contributed by atoms with Crippen LogP contribution >= 0.6 is 0 Å². The van der Waals surface area contributed by atoms with E-state index in [2.05, 4.69) is 10.6 Å². The number of carbonyl (C=O) groups is 2. The van der Waals surface area contributed by atoms with E-state index >= 15 is 0 Å². The lowest BCUT2D eigenvalue weighted by Crippen LogP contribution is -3.15. The largest absolute Gasteiger partial charge is 0.355 e. The third kappa shape index (κ3) is 5.55. The van der Waals surface area contributed by atoms with E-state index in [1.54, 1.807) is 0 Å². The van der Waals surface area contributed by atoms with Crippen LogP contribution in [0.4, 0.5) is 0 Å². The van der Waals surface area contributed by atoms with Crippen LogP contribution in [-0.4, -0.2) is 70.4 Å². The molecule has 1 aliphatic rings. The Morgan fingerprint density at radius 1 is 1.00 bits per heavy atom. The minimum absolute atomic E-state index is 0.0360. The summed E-state index contributed by atoms with van der Waals surface area (Å²) >= 11 is 0. The Bertz CT molecular complexity index is 849. The highest BCUT2D eigenvalue weighted by atomic mass is 32.2. The third-order valence-electron chi connectivity index (χ3n) is 5.56. The Morgan fingerprint density at radius 2 is 1.55 bits per heavy atom. The third-order valence-corrected chi connectivity index (χ3v) is 7.73. The van der Waals surface area contributed by atoms with E-state index in [0.29, 0.717) is 37.6 Å². The standard InChI is InChI=1S/C20H32N4O4S/c1-6-21-18(25)12-22-19(26)13-23-7-9-24(10-8-23)29(27,28)20-16(4)14(2)11-15(3)17(20)5/h11H,6-10,12-13H2,1-5H3,(H,21,25)(H,22,26)/p+1. The summed E-state index contributed by atoms with van der Waals surface area (Å²) in [4.78, 5) is 24.9. The van der Waals surface area contributed by atoms with Gasteiger partial charge in [-0.15, -0.1) is 0 Å². The van der Waals surface area contributed by atoms with Gasteiger partial charge in [0.15, 0.2) is 6.54 Å². The highest BCUT2D eigenvalue weighted by molar-refractivity contribution is 7.89.